The zero-order valence-electron chi connectivity index (χ0n) is 14.5. The maximum Gasteiger partial charge on any atom is 0.302 e. The first kappa shape index (κ1) is 21.5. The summed E-state index contributed by atoms with van der Waals surface area (Å²) in [6.45, 7) is 7.85. The van der Waals surface area contributed by atoms with Crippen LogP contribution in [0.4, 0.5) is 0 Å². The van der Waals surface area contributed by atoms with Crippen molar-refractivity contribution >= 4 is 5.97 Å². The van der Waals surface area contributed by atoms with E-state index >= 15 is 0 Å². The minimum Gasteiger partial charge on any atom is -0.463 e. The molecule has 0 amide bonds. The number of hydrogen-bond acceptors (Lipinski definition) is 2. The maximum absolute atomic E-state index is 10.9. The predicted octanol–water partition coefficient (Wildman–Crippen LogP) is 5.35. The molecule has 0 aromatic rings. The van der Waals surface area contributed by atoms with Gasteiger partial charge in [-0.3, -0.25) is 4.79 Å². The van der Waals surface area contributed by atoms with Crippen molar-refractivity contribution in [3.63, 3.8) is 0 Å². The van der Waals surface area contributed by atoms with Crippen molar-refractivity contribution in [2.75, 3.05) is 0 Å². The van der Waals surface area contributed by atoms with Crippen LogP contribution in [0.25, 0.3) is 0 Å². The quantitative estimate of drug-likeness (QED) is 0.469. The van der Waals surface area contributed by atoms with Gasteiger partial charge in [0.15, 0.2) is 0 Å². The van der Waals surface area contributed by atoms with Gasteiger partial charge in [-0.25, -0.2) is 0 Å². The Morgan fingerprint density at radius 1 is 0.905 bits per heavy atom. The molecule has 2 nitrogen and oxygen atoms in total. The molecule has 0 spiro atoms. The van der Waals surface area contributed by atoms with Crippen LogP contribution < -0.4 is 0 Å². The van der Waals surface area contributed by atoms with Crippen LogP contribution >= 0.6 is 0 Å². The Morgan fingerprint density at radius 3 is 1.71 bits per heavy atom. The van der Waals surface area contributed by atoms with Crippen LogP contribution in [-0.2, 0) is 9.53 Å². The SMILES string of the molecule is CC.CCC1CCC(C2CCC(OC(C)=O)CC2)CC1.[U]. The van der Waals surface area contributed by atoms with Gasteiger partial charge in [0, 0.05) is 38.0 Å². The Labute approximate surface area is 155 Å². The molecule has 0 aliphatic heterocycles. The van der Waals surface area contributed by atoms with Crippen LogP contribution in [0.1, 0.15) is 85.5 Å². The van der Waals surface area contributed by atoms with E-state index in [0.29, 0.717) is 0 Å². The molecule has 0 aromatic heterocycles. The first-order valence-corrected chi connectivity index (χ1v) is 8.86. The molecule has 0 heterocycles. The molecule has 0 radical (unpaired) electrons. The predicted molar refractivity (Wildman–Crippen MR) is 84.6 cm³/mol. The van der Waals surface area contributed by atoms with E-state index in [1.54, 1.807) is 0 Å². The molecule has 0 unspecified atom stereocenters. The number of rotatable bonds is 3. The summed E-state index contributed by atoms with van der Waals surface area (Å²) in [6.07, 6.45) is 12.1. The van der Waals surface area contributed by atoms with Gasteiger partial charge in [-0.1, -0.05) is 40.0 Å². The molecule has 0 atom stereocenters. The summed E-state index contributed by atoms with van der Waals surface area (Å²) in [4.78, 5) is 10.9. The largest absolute Gasteiger partial charge is 0.463 e. The number of ether oxygens (including phenoxy) is 1. The van der Waals surface area contributed by atoms with E-state index in [-0.39, 0.29) is 43.2 Å². The summed E-state index contributed by atoms with van der Waals surface area (Å²) in [5, 5.41) is 0. The first-order valence-electron chi connectivity index (χ1n) is 8.86. The van der Waals surface area contributed by atoms with Gasteiger partial charge in [0.1, 0.15) is 6.10 Å². The van der Waals surface area contributed by atoms with E-state index in [1.165, 1.54) is 51.9 Å². The summed E-state index contributed by atoms with van der Waals surface area (Å²) >= 11 is 0. The van der Waals surface area contributed by atoms with Crippen molar-refractivity contribution in [2.24, 2.45) is 17.8 Å². The fourth-order valence-electron chi connectivity index (χ4n) is 3.98. The smallest absolute Gasteiger partial charge is 0.302 e. The molecule has 0 bridgehead atoms. The Kier molecular flexibility index (Phi) is 12.3. The third-order valence-corrected chi connectivity index (χ3v) is 5.19. The van der Waals surface area contributed by atoms with Crippen molar-refractivity contribution in [1.29, 1.82) is 0 Å². The summed E-state index contributed by atoms with van der Waals surface area (Å²) in [6, 6.07) is 0. The molecule has 2 aliphatic carbocycles. The van der Waals surface area contributed by atoms with Crippen molar-refractivity contribution in [3.05, 3.63) is 0 Å². The third-order valence-electron chi connectivity index (χ3n) is 5.19. The average molecular weight is 520 g/mol. The van der Waals surface area contributed by atoms with Crippen LogP contribution in [0.2, 0.25) is 0 Å². The van der Waals surface area contributed by atoms with Gasteiger partial charge >= 0.3 is 5.97 Å². The Morgan fingerprint density at radius 2 is 1.33 bits per heavy atom. The second kappa shape index (κ2) is 12.0. The van der Waals surface area contributed by atoms with Crippen molar-refractivity contribution in [1.82, 2.24) is 0 Å². The monoisotopic (exact) mass is 520 g/mol. The zero-order chi connectivity index (χ0) is 15.0. The molecule has 2 saturated carbocycles. The van der Waals surface area contributed by atoms with Gasteiger partial charge in [0.2, 0.25) is 0 Å². The molecule has 0 N–H and O–H groups in total. The Hall–Kier alpha value is 0.522. The summed E-state index contributed by atoms with van der Waals surface area (Å²) in [5.41, 5.74) is 0. The second-order valence-electron chi connectivity index (χ2n) is 6.34. The van der Waals surface area contributed by atoms with Crippen LogP contribution in [0.15, 0.2) is 0 Å². The second-order valence-corrected chi connectivity index (χ2v) is 6.34. The standard InChI is InChI=1S/C16H28O2.C2H6.U/c1-3-13-4-6-14(7-5-13)15-8-10-16(11-9-15)18-12(2)17;1-2;/h13-16H,3-11H2,1-2H3;1-2H3;. The fraction of sp³-hybridized carbons (Fsp3) is 0.944. The molecule has 2 rings (SSSR count). The first-order chi connectivity index (χ1) is 9.69. The fourth-order valence-corrected chi connectivity index (χ4v) is 3.98. The molecule has 3 heteroatoms. The summed E-state index contributed by atoms with van der Waals surface area (Å²) in [7, 11) is 0. The third kappa shape index (κ3) is 7.56. The van der Waals surface area contributed by atoms with Crippen molar-refractivity contribution < 1.29 is 40.6 Å². The number of hydrogen-bond donors (Lipinski definition) is 0. The topological polar surface area (TPSA) is 26.3 Å². The van der Waals surface area contributed by atoms with E-state index in [1.807, 2.05) is 13.8 Å². The molecule has 0 saturated heterocycles. The van der Waals surface area contributed by atoms with E-state index < -0.39 is 0 Å². The van der Waals surface area contributed by atoms with Gasteiger partial charge in [-0.2, -0.15) is 0 Å². The summed E-state index contributed by atoms with van der Waals surface area (Å²) < 4.78 is 5.32. The van der Waals surface area contributed by atoms with E-state index in [9.17, 15) is 4.79 Å². The molecule has 122 valence electrons. The van der Waals surface area contributed by atoms with E-state index in [2.05, 4.69) is 6.92 Å². The van der Waals surface area contributed by atoms with Crippen molar-refractivity contribution in [2.45, 2.75) is 91.6 Å². The van der Waals surface area contributed by atoms with E-state index in [0.717, 1.165) is 30.6 Å². The number of carbonyl (C=O) groups is 1. The summed E-state index contributed by atoms with van der Waals surface area (Å²) in [5.74, 6) is 2.77. The van der Waals surface area contributed by atoms with Gasteiger partial charge in [0.25, 0.3) is 0 Å². The van der Waals surface area contributed by atoms with Gasteiger partial charge < -0.3 is 4.74 Å². The normalized spacial score (nSPS) is 32.2. The van der Waals surface area contributed by atoms with Crippen LogP contribution in [0.5, 0.6) is 0 Å². The molecule has 0 aromatic carbocycles. The molecule has 2 fully saturated rings. The number of carbonyl (C=O) groups excluding carboxylic acids is 1. The van der Waals surface area contributed by atoms with Gasteiger partial charge in [-0.05, 0) is 56.3 Å². The molecule has 21 heavy (non-hydrogen) atoms. The molecular weight excluding hydrogens is 486 g/mol. The van der Waals surface area contributed by atoms with Crippen molar-refractivity contribution in [3.8, 4) is 0 Å². The number of esters is 1. The van der Waals surface area contributed by atoms with Gasteiger partial charge in [-0.15, -0.1) is 0 Å². The molecule has 2 aliphatic rings. The average Bonchev–Trinajstić information content (AvgIpc) is 2.50. The Bertz CT molecular complexity index is 264. The maximum atomic E-state index is 10.9. The zero-order valence-corrected chi connectivity index (χ0v) is 18.7. The Balaban J connectivity index is 0.00000128. The van der Waals surface area contributed by atoms with Gasteiger partial charge in [0.05, 0.1) is 0 Å². The minimum atomic E-state index is -0.109. The van der Waals surface area contributed by atoms with Crippen LogP contribution in [0, 0.1) is 48.9 Å². The van der Waals surface area contributed by atoms with E-state index in [4.69, 9.17) is 4.74 Å². The minimum absolute atomic E-state index is 0. The van der Waals surface area contributed by atoms with Crippen LogP contribution in [-0.4, -0.2) is 12.1 Å². The van der Waals surface area contributed by atoms with Crippen LogP contribution in [0.3, 0.4) is 0 Å². The molecular formula is C18H34O2U.